The fourth-order valence-corrected chi connectivity index (χ4v) is 3.48. The van der Waals surface area contributed by atoms with Gasteiger partial charge in [0.2, 0.25) is 5.91 Å². The number of methoxy groups -OCH3 is 1. The van der Waals surface area contributed by atoms with Crippen LogP contribution in [0.4, 0.5) is 4.39 Å². The lowest BCUT2D eigenvalue weighted by Gasteiger charge is -2.17. The Morgan fingerprint density at radius 2 is 2.04 bits per heavy atom. The van der Waals surface area contributed by atoms with Gasteiger partial charge >= 0.3 is 0 Å². The van der Waals surface area contributed by atoms with Crippen molar-refractivity contribution in [2.24, 2.45) is 0 Å². The van der Waals surface area contributed by atoms with Gasteiger partial charge in [0.25, 0.3) is 0 Å². The predicted octanol–water partition coefficient (Wildman–Crippen LogP) is 3.77. The van der Waals surface area contributed by atoms with Crippen molar-refractivity contribution in [2.45, 2.75) is 11.7 Å². The lowest BCUT2D eigenvalue weighted by molar-refractivity contribution is -0.127. The van der Waals surface area contributed by atoms with E-state index >= 15 is 0 Å². The van der Waals surface area contributed by atoms with Gasteiger partial charge in [-0.15, -0.1) is 0 Å². The van der Waals surface area contributed by atoms with Crippen molar-refractivity contribution >= 4 is 17.7 Å². The summed E-state index contributed by atoms with van der Waals surface area (Å²) in [5, 5.41) is 0.729. The van der Waals surface area contributed by atoms with Crippen LogP contribution in [0.25, 0.3) is 5.69 Å². The summed E-state index contributed by atoms with van der Waals surface area (Å²) < 4.78 is 20.4. The van der Waals surface area contributed by atoms with Crippen molar-refractivity contribution in [1.29, 1.82) is 0 Å². The second-order valence-corrected chi connectivity index (χ2v) is 6.89. The molecule has 27 heavy (non-hydrogen) atoms. The molecule has 0 unspecified atom stereocenters. The first-order valence-corrected chi connectivity index (χ1v) is 9.34. The number of aromatic nitrogens is 2. The number of amides is 1. The van der Waals surface area contributed by atoms with Gasteiger partial charge in [0.15, 0.2) is 5.16 Å². The molecule has 0 aliphatic heterocycles. The number of carbonyl (C=O) groups is 1. The summed E-state index contributed by atoms with van der Waals surface area (Å²) in [7, 11) is 3.34. The Bertz CT molecular complexity index is 912. The van der Waals surface area contributed by atoms with Gasteiger partial charge in [0.1, 0.15) is 11.6 Å². The Labute approximate surface area is 161 Å². The maximum absolute atomic E-state index is 13.3. The molecule has 0 bridgehead atoms. The van der Waals surface area contributed by atoms with Crippen LogP contribution in [0.5, 0.6) is 5.75 Å². The van der Waals surface area contributed by atoms with E-state index in [4.69, 9.17) is 4.74 Å². The van der Waals surface area contributed by atoms with E-state index in [0.717, 1.165) is 22.2 Å². The van der Waals surface area contributed by atoms with Crippen LogP contribution >= 0.6 is 11.8 Å². The highest BCUT2D eigenvalue weighted by atomic mass is 32.2. The van der Waals surface area contributed by atoms with Crippen molar-refractivity contribution in [2.75, 3.05) is 19.9 Å². The van der Waals surface area contributed by atoms with Gasteiger partial charge in [0.05, 0.1) is 12.9 Å². The highest BCUT2D eigenvalue weighted by molar-refractivity contribution is 7.99. The molecule has 0 N–H and O–H groups in total. The maximum atomic E-state index is 13.3. The summed E-state index contributed by atoms with van der Waals surface area (Å²) >= 11 is 1.36. The summed E-state index contributed by atoms with van der Waals surface area (Å²) in [5.41, 5.74) is 1.70. The second kappa shape index (κ2) is 8.73. The van der Waals surface area contributed by atoms with Crippen molar-refractivity contribution in [1.82, 2.24) is 14.5 Å². The van der Waals surface area contributed by atoms with Crippen LogP contribution in [0.15, 0.2) is 66.1 Å². The standard InChI is InChI=1S/C20H20FN3O2S/c1-23(13-15-4-3-5-16(21)12-15)19(25)14-27-20-22-10-11-24(20)17-6-8-18(26-2)9-7-17/h3-12H,13-14H2,1-2H3. The lowest BCUT2D eigenvalue weighted by Crippen LogP contribution is -2.27. The zero-order valence-electron chi connectivity index (χ0n) is 15.1. The summed E-state index contributed by atoms with van der Waals surface area (Å²) in [5.74, 6) is 0.680. The molecule has 140 valence electrons. The number of imidazole rings is 1. The Hall–Kier alpha value is -2.80. The second-order valence-electron chi connectivity index (χ2n) is 5.95. The lowest BCUT2D eigenvalue weighted by atomic mass is 10.2. The smallest absolute Gasteiger partial charge is 0.233 e. The average molecular weight is 385 g/mol. The largest absolute Gasteiger partial charge is 0.497 e. The van der Waals surface area contributed by atoms with Gasteiger partial charge in [-0.3, -0.25) is 9.36 Å². The first kappa shape index (κ1) is 19.0. The zero-order valence-corrected chi connectivity index (χ0v) is 15.9. The molecule has 0 atom stereocenters. The third-order valence-electron chi connectivity index (χ3n) is 4.02. The van der Waals surface area contributed by atoms with Crippen LogP contribution in [-0.4, -0.2) is 40.3 Å². The van der Waals surface area contributed by atoms with Gasteiger partial charge in [-0.25, -0.2) is 9.37 Å². The molecule has 5 nitrogen and oxygen atoms in total. The normalized spacial score (nSPS) is 10.6. The number of carbonyl (C=O) groups excluding carboxylic acids is 1. The molecule has 0 saturated carbocycles. The Kier molecular flexibility index (Phi) is 6.13. The van der Waals surface area contributed by atoms with Gasteiger partial charge < -0.3 is 9.64 Å². The van der Waals surface area contributed by atoms with E-state index in [9.17, 15) is 9.18 Å². The van der Waals surface area contributed by atoms with E-state index in [1.54, 1.807) is 37.4 Å². The van der Waals surface area contributed by atoms with E-state index in [2.05, 4.69) is 4.98 Å². The number of rotatable bonds is 7. The number of hydrogen-bond donors (Lipinski definition) is 0. The van der Waals surface area contributed by atoms with E-state index in [1.165, 1.54) is 23.9 Å². The molecule has 0 radical (unpaired) electrons. The molecule has 0 spiro atoms. The number of benzene rings is 2. The molecule has 3 aromatic rings. The summed E-state index contributed by atoms with van der Waals surface area (Å²) in [4.78, 5) is 18.3. The number of ether oxygens (including phenoxy) is 1. The molecule has 2 aromatic carbocycles. The molecule has 1 aromatic heterocycles. The first-order valence-electron chi connectivity index (χ1n) is 8.36. The Morgan fingerprint density at radius 1 is 1.26 bits per heavy atom. The fraction of sp³-hybridized carbons (Fsp3) is 0.200. The predicted molar refractivity (Wildman–Crippen MR) is 104 cm³/mol. The number of nitrogens with zero attached hydrogens (tertiary/aromatic N) is 3. The number of halogens is 1. The van der Waals surface area contributed by atoms with E-state index in [1.807, 2.05) is 35.0 Å². The van der Waals surface area contributed by atoms with Crippen molar-refractivity contribution in [3.63, 3.8) is 0 Å². The van der Waals surface area contributed by atoms with Crippen LogP contribution in [0.1, 0.15) is 5.56 Å². The molecule has 7 heteroatoms. The average Bonchev–Trinajstić information content (AvgIpc) is 3.14. The van der Waals surface area contributed by atoms with Crippen LogP contribution in [0, 0.1) is 5.82 Å². The van der Waals surface area contributed by atoms with Crippen molar-refractivity contribution in [3.8, 4) is 11.4 Å². The molecule has 0 saturated heterocycles. The molecule has 0 fully saturated rings. The number of hydrogen-bond acceptors (Lipinski definition) is 4. The highest BCUT2D eigenvalue weighted by Gasteiger charge is 2.13. The van der Waals surface area contributed by atoms with Gasteiger partial charge in [0, 0.05) is 31.7 Å². The molecule has 1 heterocycles. The molecular formula is C20H20FN3O2S. The first-order chi connectivity index (χ1) is 13.1. The third kappa shape index (κ3) is 4.89. The highest BCUT2D eigenvalue weighted by Crippen LogP contribution is 2.22. The Balaban J connectivity index is 1.61. The monoisotopic (exact) mass is 385 g/mol. The minimum atomic E-state index is -0.302. The fourth-order valence-electron chi connectivity index (χ4n) is 2.57. The SMILES string of the molecule is COc1ccc(-n2ccnc2SCC(=O)N(C)Cc2cccc(F)c2)cc1. The minimum Gasteiger partial charge on any atom is -0.497 e. The quantitative estimate of drug-likeness (QED) is 0.581. The number of thioether (sulfide) groups is 1. The summed E-state index contributed by atoms with van der Waals surface area (Å²) in [6.45, 7) is 0.365. The van der Waals surface area contributed by atoms with Crippen LogP contribution in [0.2, 0.25) is 0 Å². The summed E-state index contributed by atoms with van der Waals surface area (Å²) in [6, 6.07) is 13.9. The van der Waals surface area contributed by atoms with Gasteiger partial charge in [-0.1, -0.05) is 23.9 Å². The molecule has 1 amide bonds. The van der Waals surface area contributed by atoms with Crippen LogP contribution in [0.3, 0.4) is 0 Å². The van der Waals surface area contributed by atoms with Crippen molar-refractivity contribution < 1.29 is 13.9 Å². The van der Waals surface area contributed by atoms with Crippen LogP contribution < -0.4 is 4.74 Å². The Morgan fingerprint density at radius 3 is 2.74 bits per heavy atom. The van der Waals surface area contributed by atoms with E-state index < -0.39 is 0 Å². The third-order valence-corrected chi connectivity index (χ3v) is 4.97. The molecule has 3 rings (SSSR count). The summed E-state index contributed by atoms with van der Waals surface area (Å²) in [6.07, 6.45) is 3.55. The molecule has 0 aliphatic carbocycles. The van der Waals surface area contributed by atoms with Gasteiger partial charge in [-0.05, 0) is 42.0 Å². The zero-order chi connectivity index (χ0) is 19.2. The van der Waals surface area contributed by atoms with E-state index in [-0.39, 0.29) is 17.5 Å². The van der Waals surface area contributed by atoms with Crippen LogP contribution in [-0.2, 0) is 11.3 Å². The topological polar surface area (TPSA) is 47.4 Å². The van der Waals surface area contributed by atoms with Crippen molar-refractivity contribution in [3.05, 3.63) is 72.3 Å². The molecular weight excluding hydrogens is 365 g/mol. The van der Waals surface area contributed by atoms with Gasteiger partial charge in [-0.2, -0.15) is 0 Å². The maximum Gasteiger partial charge on any atom is 0.233 e. The van der Waals surface area contributed by atoms with E-state index in [0.29, 0.717) is 6.54 Å². The molecule has 0 aliphatic rings. The minimum absolute atomic E-state index is 0.0476.